The third-order valence-corrected chi connectivity index (χ3v) is 3.90. The normalized spacial score (nSPS) is 11.4. The number of non-ortho nitro benzene ring substituents is 1. The lowest BCUT2D eigenvalue weighted by Crippen LogP contribution is -2.19. The molecule has 1 amide bonds. The van der Waals surface area contributed by atoms with Crippen molar-refractivity contribution in [3.63, 3.8) is 0 Å². The van der Waals surface area contributed by atoms with E-state index in [1.165, 1.54) is 24.3 Å². The molecule has 0 aliphatic heterocycles. The number of rotatable bonds is 6. The van der Waals surface area contributed by atoms with Gasteiger partial charge in [-0.15, -0.1) is 0 Å². The molecule has 0 fully saturated rings. The molecule has 0 bridgehead atoms. The van der Waals surface area contributed by atoms with Crippen LogP contribution in [-0.4, -0.2) is 16.5 Å². The SMILES string of the molecule is O=C(N/N=C(\C=C\c1ccccc1)c1ccccc1)c1cccc([N+](=O)[O-])c1. The van der Waals surface area contributed by atoms with Gasteiger partial charge in [0.1, 0.15) is 0 Å². The molecule has 0 aliphatic carbocycles. The first-order valence-corrected chi connectivity index (χ1v) is 8.54. The van der Waals surface area contributed by atoms with E-state index in [2.05, 4.69) is 10.5 Å². The summed E-state index contributed by atoms with van der Waals surface area (Å²) in [5.41, 5.74) is 4.87. The highest BCUT2D eigenvalue weighted by atomic mass is 16.6. The van der Waals surface area contributed by atoms with Crippen LogP contribution in [0.1, 0.15) is 21.5 Å². The van der Waals surface area contributed by atoms with Crippen LogP contribution < -0.4 is 5.43 Å². The second-order valence-corrected chi connectivity index (χ2v) is 5.86. The zero-order chi connectivity index (χ0) is 19.8. The van der Waals surface area contributed by atoms with Crippen LogP contribution in [0.4, 0.5) is 5.69 Å². The number of hydrogen-bond donors (Lipinski definition) is 1. The van der Waals surface area contributed by atoms with E-state index < -0.39 is 10.8 Å². The summed E-state index contributed by atoms with van der Waals surface area (Å²) >= 11 is 0. The number of benzene rings is 3. The van der Waals surface area contributed by atoms with E-state index in [9.17, 15) is 14.9 Å². The van der Waals surface area contributed by atoms with Gasteiger partial charge in [0.2, 0.25) is 0 Å². The fraction of sp³-hybridized carbons (Fsp3) is 0. The quantitative estimate of drug-likeness (QED) is 0.395. The van der Waals surface area contributed by atoms with Crippen molar-refractivity contribution in [2.75, 3.05) is 0 Å². The molecule has 0 radical (unpaired) electrons. The first kappa shape index (κ1) is 18.7. The number of nitrogens with zero attached hydrogens (tertiary/aromatic N) is 2. The standard InChI is InChI=1S/C22H17N3O3/c26-22(19-12-7-13-20(16-19)25(27)28)24-23-21(18-10-5-2-6-11-18)15-14-17-8-3-1-4-9-17/h1-16H,(H,24,26)/b15-14+,23-21+. The van der Waals surface area contributed by atoms with Gasteiger partial charge < -0.3 is 0 Å². The lowest BCUT2D eigenvalue weighted by Gasteiger charge is -2.04. The number of amides is 1. The highest BCUT2D eigenvalue weighted by molar-refractivity contribution is 6.11. The predicted molar refractivity (Wildman–Crippen MR) is 109 cm³/mol. The summed E-state index contributed by atoms with van der Waals surface area (Å²) in [6.45, 7) is 0. The van der Waals surface area contributed by atoms with Gasteiger partial charge in [-0.2, -0.15) is 5.10 Å². The van der Waals surface area contributed by atoms with E-state index in [0.717, 1.165) is 11.1 Å². The molecular weight excluding hydrogens is 354 g/mol. The van der Waals surface area contributed by atoms with E-state index >= 15 is 0 Å². The van der Waals surface area contributed by atoms with Crippen molar-refractivity contribution in [2.45, 2.75) is 0 Å². The highest BCUT2D eigenvalue weighted by Crippen LogP contribution is 2.13. The minimum Gasteiger partial charge on any atom is -0.267 e. The zero-order valence-electron chi connectivity index (χ0n) is 14.9. The summed E-state index contributed by atoms with van der Waals surface area (Å²) < 4.78 is 0. The van der Waals surface area contributed by atoms with Crippen molar-refractivity contribution in [2.24, 2.45) is 5.10 Å². The molecule has 0 aliphatic rings. The molecule has 0 saturated heterocycles. The van der Waals surface area contributed by atoms with E-state index in [-0.39, 0.29) is 11.3 Å². The van der Waals surface area contributed by atoms with Crippen LogP contribution in [0, 0.1) is 10.1 Å². The summed E-state index contributed by atoms with van der Waals surface area (Å²) in [6.07, 6.45) is 3.70. The summed E-state index contributed by atoms with van der Waals surface area (Å²) in [7, 11) is 0. The average molecular weight is 371 g/mol. The van der Waals surface area contributed by atoms with Gasteiger partial charge in [0.05, 0.1) is 10.6 Å². The maximum Gasteiger partial charge on any atom is 0.271 e. The Morgan fingerprint density at radius 2 is 1.54 bits per heavy atom. The number of carbonyl (C=O) groups excluding carboxylic acids is 1. The third kappa shape index (κ3) is 4.98. The molecule has 138 valence electrons. The van der Waals surface area contributed by atoms with E-state index in [4.69, 9.17) is 0 Å². The van der Waals surface area contributed by atoms with Crippen LogP contribution >= 0.6 is 0 Å². The predicted octanol–water partition coefficient (Wildman–Crippen LogP) is 4.44. The Morgan fingerprint density at radius 3 is 2.21 bits per heavy atom. The summed E-state index contributed by atoms with van der Waals surface area (Å²) in [5.74, 6) is -0.523. The second kappa shape index (κ2) is 9.05. The molecule has 0 aromatic heterocycles. The Morgan fingerprint density at radius 1 is 0.893 bits per heavy atom. The first-order chi connectivity index (χ1) is 13.6. The fourth-order valence-corrected chi connectivity index (χ4v) is 2.48. The lowest BCUT2D eigenvalue weighted by atomic mass is 10.1. The molecule has 6 heteroatoms. The second-order valence-electron chi connectivity index (χ2n) is 5.86. The minimum atomic E-state index is -0.544. The van der Waals surface area contributed by atoms with Gasteiger partial charge in [-0.3, -0.25) is 14.9 Å². The molecule has 1 N–H and O–H groups in total. The molecule has 28 heavy (non-hydrogen) atoms. The maximum atomic E-state index is 12.4. The van der Waals surface area contributed by atoms with E-state index in [0.29, 0.717) is 5.71 Å². The van der Waals surface area contributed by atoms with Crippen molar-refractivity contribution in [1.29, 1.82) is 0 Å². The third-order valence-electron chi connectivity index (χ3n) is 3.90. The van der Waals surface area contributed by atoms with Crippen molar-refractivity contribution in [3.8, 4) is 0 Å². The van der Waals surface area contributed by atoms with Crippen LogP contribution in [0.3, 0.4) is 0 Å². The topological polar surface area (TPSA) is 84.6 Å². The van der Waals surface area contributed by atoms with Gasteiger partial charge in [0.25, 0.3) is 11.6 Å². The van der Waals surface area contributed by atoms with Crippen molar-refractivity contribution in [3.05, 3.63) is 118 Å². The smallest absolute Gasteiger partial charge is 0.267 e. The number of nitro benzene ring substituents is 1. The largest absolute Gasteiger partial charge is 0.271 e. The minimum absolute atomic E-state index is 0.149. The Labute approximate surface area is 162 Å². The number of nitro groups is 1. The van der Waals surface area contributed by atoms with Crippen molar-refractivity contribution < 1.29 is 9.72 Å². The molecule has 3 aromatic carbocycles. The van der Waals surface area contributed by atoms with Crippen LogP contribution in [0.5, 0.6) is 0 Å². The van der Waals surface area contributed by atoms with E-state index in [1.807, 2.05) is 66.7 Å². The lowest BCUT2D eigenvalue weighted by molar-refractivity contribution is -0.384. The fourth-order valence-electron chi connectivity index (χ4n) is 2.48. The van der Waals surface area contributed by atoms with Crippen LogP contribution in [0.25, 0.3) is 6.08 Å². The molecule has 3 aromatic rings. The maximum absolute atomic E-state index is 12.4. The number of hydrazone groups is 1. The molecule has 0 spiro atoms. The Balaban J connectivity index is 1.85. The summed E-state index contributed by atoms with van der Waals surface area (Å²) in [5, 5.41) is 15.1. The van der Waals surface area contributed by atoms with Crippen molar-refractivity contribution in [1.82, 2.24) is 5.43 Å². The number of carbonyl (C=O) groups is 1. The Bertz CT molecular complexity index is 1030. The highest BCUT2D eigenvalue weighted by Gasteiger charge is 2.11. The molecule has 0 heterocycles. The Kier molecular flexibility index (Phi) is 6.05. The zero-order valence-corrected chi connectivity index (χ0v) is 14.9. The van der Waals surface area contributed by atoms with E-state index in [1.54, 1.807) is 6.08 Å². The molecule has 0 unspecified atom stereocenters. The molecule has 0 atom stereocenters. The summed E-state index contributed by atoms with van der Waals surface area (Å²) in [4.78, 5) is 22.7. The van der Waals surface area contributed by atoms with Gasteiger partial charge >= 0.3 is 0 Å². The molecular formula is C22H17N3O3. The number of nitrogens with one attached hydrogen (secondary N) is 1. The molecule has 3 rings (SSSR count). The van der Waals surface area contributed by atoms with Gasteiger partial charge in [-0.05, 0) is 17.7 Å². The van der Waals surface area contributed by atoms with Gasteiger partial charge in [-0.1, -0.05) is 72.8 Å². The van der Waals surface area contributed by atoms with Crippen LogP contribution in [0.15, 0.2) is 96.1 Å². The number of allylic oxidation sites excluding steroid dienone is 1. The average Bonchev–Trinajstić information content (AvgIpc) is 2.75. The van der Waals surface area contributed by atoms with Gasteiger partial charge in [-0.25, -0.2) is 5.43 Å². The van der Waals surface area contributed by atoms with Gasteiger partial charge in [0, 0.05) is 23.3 Å². The number of hydrogen-bond acceptors (Lipinski definition) is 4. The first-order valence-electron chi connectivity index (χ1n) is 8.54. The van der Waals surface area contributed by atoms with Crippen molar-refractivity contribution >= 4 is 23.4 Å². The molecule has 0 saturated carbocycles. The van der Waals surface area contributed by atoms with Crippen LogP contribution in [0.2, 0.25) is 0 Å². The van der Waals surface area contributed by atoms with Gasteiger partial charge in [0.15, 0.2) is 0 Å². The monoisotopic (exact) mass is 371 g/mol. The Hall–Kier alpha value is -4.06. The molecule has 6 nitrogen and oxygen atoms in total. The summed E-state index contributed by atoms with van der Waals surface area (Å²) in [6, 6.07) is 24.6. The van der Waals surface area contributed by atoms with Crippen LogP contribution in [-0.2, 0) is 0 Å².